The zero-order valence-corrected chi connectivity index (χ0v) is 10.7. The Bertz CT molecular complexity index is 572. The lowest BCUT2D eigenvalue weighted by atomic mass is 10.1. The molecule has 0 bridgehead atoms. The van der Waals surface area contributed by atoms with Gasteiger partial charge in [0.2, 0.25) is 0 Å². The Morgan fingerprint density at radius 3 is 2.68 bits per heavy atom. The van der Waals surface area contributed by atoms with Crippen LogP contribution >= 0.6 is 0 Å². The molecule has 1 aromatic rings. The fourth-order valence-electron chi connectivity index (χ4n) is 1.81. The molecule has 2 rings (SSSR count). The number of nitrogens with two attached hydrogens (primary N) is 1. The normalized spacial score (nSPS) is 15.9. The van der Waals surface area contributed by atoms with E-state index >= 15 is 0 Å². The number of halogens is 1. The minimum Gasteiger partial charge on any atom is -0.364 e. The second-order valence-electron chi connectivity index (χ2n) is 4.65. The van der Waals surface area contributed by atoms with Crippen LogP contribution in [-0.2, 0) is 11.8 Å². The molecule has 1 fully saturated rings. The predicted molar refractivity (Wildman–Crippen MR) is 66.9 cm³/mol. The number of anilines is 1. The number of aromatic nitrogens is 2. The summed E-state index contributed by atoms with van der Waals surface area (Å²) in [6.45, 7) is 1.60. The Balaban J connectivity index is 2.19. The lowest BCUT2D eigenvalue weighted by Gasteiger charge is -2.04. The summed E-state index contributed by atoms with van der Waals surface area (Å²) < 4.78 is 15.2. The van der Waals surface area contributed by atoms with Gasteiger partial charge in [0.05, 0.1) is 5.69 Å². The Hall–Kier alpha value is -2.18. The lowest BCUT2D eigenvalue weighted by Crippen LogP contribution is -2.18. The van der Waals surface area contributed by atoms with Gasteiger partial charge in [-0.25, -0.2) is 4.39 Å². The summed E-state index contributed by atoms with van der Waals surface area (Å²) in [5.41, 5.74) is 5.59. The van der Waals surface area contributed by atoms with Gasteiger partial charge in [-0.1, -0.05) is 0 Å². The standard InChI is InChI=1S/C12H15FN4O2/c1-6(7-3-4-7)9(13)12(19)15-8-5-17(2)16-10(8)11(14)18/h5,7H,3-4H2,1-2H3,(H2,14,18)(H,15,19)/b9-6-. The van der Waals surface area contributed by atoms with Crippen molar-refractivity contribution in [2.45, 2.75) is 19.8 Å². The van der Waals surface area contributed by atoms with E-state index in [1.807, 2.05) is 0 Å². The van der Waals surface area contributed by atoms with E-state index in [0.717, 1.165) is 12.8 Å². The maximum Gasteiger partial charge on any atom is 0.284 e. The highest BCUT2D eigenvalue weighted by Crippen LogP contribution is 2.38. The molecule has 6 nitrogen and oxygen atoms in total. The van der Waals surface area contributed by atoms with Gasteiger partial charge in [0.25, 0.3) is 11.8 Å². The van der Waals surface area contributed by atoms with Crippen LogP contribution in [0.25, 0.3) is 0 Å². The molecule has 0 radical (unpaired) electrons. The fourth-order valence-corrected chi connectivity index (χ4v) is 1.81. The van der Waals surface area contributed by atoms with E-state index in [1.54, 1.807) is 14.0 Å². The predicted octanol–water partition coefficient (Wildman–Crippen LogP) is 1.11. The van der Waals surface area contributed by atoms with E-state index in [2.05, 4.69) is 10.4 Å². The number of amides is 2. The maximum atomic E-state index is 13.8. The van der Waals surface area contributed by atoms with Crippen LogP contribution in [0.2, 0.25) is 0 Å². The highest BCUT2D eigenvalue weighted by atomic mass is 19.1. The summed E-state index contributed by atoms with van der Waals surface area (Å²) in [6, 6.07) is 0. The molecule has 1 aromatic heterocycles. The first-order valence-electron chi connectivity index (χ1n) is 5.91. The molecule has 1 aliphatic rings. The van der Waals surface area contributed by atoms with E-state index in [1.165, 1.54) is 10.9 Å². The van der Waals surface area contributed by atoms with Gasteiger partial charge in [-0.05, 0) is 31.3 Å². The summed E-state index contributed by atoms with van der Waals surface area (Å²) in [7, 11) is 1.57. The molecule has 0 unspecified atom stereocenters. The number of allylic oxidation sites excluding steroid dienone is 1. The Morgan fingerprint density at radius 1 is 1.53 bits per heavy atom. The van der Waals surface area contributed by atoms with Gasteiger partial charge in [-0.3, -0.25) is 14.3 Å². The van der Waals surface area contributed by atoms with Gasteiger partial charge in [-0.15, -0.1) is 0 Å². The van der Waals surface area contributed by atoms with Gasteiger partial charge < -0.3 is 11.1 Å². The maximum absolute atomic E-state index is 13.8. The zero-order chi connectivity index (χ0) is 14.2. The third kappa shape index (κ3) is 2.81. The molecule has 7 heteroatoms. The first-order chi connectivity index (χ1) is 8.90. The molecule has 0 saturated heterocycles. The van der Waals surface area contributed by atoms with Crippen molar-refractivity contribution in [2.24, 2.45) is 18.7 Å². The molecule has 0 aromatic carbocycles. The van der Waals surface area contributed by atoms with Crippen molar-refractivity contribution in [1.29, 1.82) is 0 Å². The minimum absolute atomic E-state index is 0.0901. The van der Waals surface area contributed by atoms with Crippen molar-refractivity contribution in [3.05, 3.63) is 23.3 Å². The number of aryl methyl sites for hydroxylation is 1. The quantitative estimate of drug-likeness (QED) is 0.800. The second kappa shape index (κ2) is 4.83. The molecule has 1 aliphatic carbocycles. The molecular weight excluding hydrogens is 251 g/mol. The van der Waals surface area contributed by atoms with Crippen LogP contribution in [0.3, 0.4) is 0 Å². The fraction of sp³-hybridized carbons (Fsp3) is 0.417. The molecular formula is C12H15FN4O2. The van der Waals surface area contributed by atoms with E-state index in [0.29, 0.717) is 5.57 Å². The summed E-state index contributed by atoms with van der Waals surface area (Å²) in [6.07, 6.45) is 3.22. The average molecular weight is 266 g/mol. The molecule has 0 spiro atoms. The van der Waals surface area contributed by atoms with Crippen LogP contribution in [-0.4, -0.2) is 21.6 Å². The van der Waals surface area contributed by atoms with Crippen LogP contribution in [0.1, 0.15) is 30.3 Å². The number of hydrogen-bond donors (Lipinski definition) is 2. The number of nitrogens with one attached hydrogen (secondary N) is 1. The highest BCUT2D eigenvalue weighted by Gasteiger charge is 2.28. The Labute approximate surface area is 109 Å². The van der Waals surface area contributed by atoms with Crippen molar-refractivity contribution in [2.75, 3.05) is 5.32 Å². The molecule has 1 saturated carbocycles. The number of carbonyl (C=O) groups is 2. The average Bonchev–Trinajstić information content (AvgIpc) is 3.12. The van der Waals surface area contributed by atoms with Crippen molar-refractivity contribution in [1.82, 2.24) is 9.78 Å². The van der Waals surface area contributed by atoms with Crippen LogP contribution in [0.4, 0.5) is 10.1 Å². The number of hydrogen-bond acceptors (Lipinski definition) is 3. The molecule has 0 aliphatic heterocycles. The second-order valence-corrected chi connectivity index (χ2v) is 4.65. The number of rotatable bonds is 4. The highest BCUT2D eigenvalue weighted by molar-refractivity contribution is 6.06. The van der Waals surface area contributed by atoms with E-state index in [-0.39, 0.29) is 17.3 Å². The van der Waals surface area contributed by atoms with Gasteiger partial charge in [0.1, 0.15) is 0 Å². The van der Waals surface area contributed by atoms with Gasteiger partial charge in [-0.2, -0.15) is 5.10 Å². The molecule has 102 valence electrons. The summed E-state index contributed by atoms with van der Waals surface area (Å²) in [5, 5.41) is 6.12. The monoisotopic (exact) mass is 266 g/mol. The first-order valence-corrected chi connectivity index (χ1v) is 5.91. The Morgan fingerprint density at radius 2 is 2.16 bits per heavy atom. The van der Waals surface area contributed by atoms with Crippen LogP contribution in [0.5, 0.6) is 0 Å². The van der Waals surface area contributed by atoms with E-state index in [9.17, 15) is 14.0 Å². The third-order valence-corrected chi connectivity index (χ3v) is 3.05. The van der Waals surface area contributed by atoms with Crippen molar-refractivity contribution in [3.63, 3.8) is 0 Å². The summed E-state index contributed by atoms with van der Waals surface area (Å²) in [4.78, 5) is 22.9. The van der Waals surface area contributed by atoms with Gasteiger partial charge >= 0.3 is 0 Å². The molecule has 19 heavy (non-hydrogen) atoms. The molecule has 2 amide bonds. The topological polar surface area (TPSA) is 90.0 Å². The van der Waals surface area contributed by atoms with Crippen molar-refractivity contribution < 1.29 is 14.0 Å². The van der Waals surface area contributed by atoms with Crippen LogP contribution in [0.15, 0.2) is 17.6 Å². The SMILES string of the molecule is C/C(=C(/F)C(=O)Nc1cn(C)nc1C(N)=O)C1CC1. The number of carbonyl (C=O) groups excluding carboxylic acids is 2. The van der Waals surface area contributed by atoms with Crippen molar-refractivity contribution in [3.8, 4) is 0 Å². The lowest BCUT2D eigenvalue weighted by molar-refractivity contribution is -0.114. The smallest absolute Gasteiger partial charge is 0.284 e. The largest absolute Gasteiger partial charge is 0.364 e. The van der Waals surface area contributed by atoms with E-state index < -0.39 is 17.6 Å². The van der Waals surface area contributed by atoms with Gasteiger partial charge in [0, 0.05) is 13.2 Å². The molecule has 0 atom stereocenters. The van der Waals surface area contributed by atoms with Crippen molar-refractivity contribution >= 4 is 17.5 Å². The number of primary amides is 1. The van der Waals surface area contributed by atoms with E-state index in [4.69, 9.17) is 5.73 Å². The minimum atomic E-state index is -0.875. The zero-order valence-electron chi connectivity index (χ0n) is 10.7. The molecule has 1 heterocycles. The van der Waals surface area contributed by atoms with Crippen LogP contribution in [0, 0.1) is 5.92 Å². The van der Waals surface area contributed by atoms with Gasteiger partial charge in [0.15, 0.2) is 11.5 Å². The van der Waals surface area contributed by atoms with Crippen LogP contribution < -0.4 is 11.1 Å². The third-order valence-electron chi connectivity index (χ3n) is 3.05. The number of nitrogens with zero attached hydrogens (tertiary/aromatic N) is 2. The first kappa shape index (κ1) is 13.3. The molecule has 3 N–H and O–H groups in total. The summed E-state index contributed by atoms with van der Waals surface area (Å²) in [5.74, 6) is -2.30. The summed E-state index contributed by atoms with van der Waals surface area (Å²) >= 11 is 0. The Kier molecular flexibility index (Phi) is 3.37.